The Kier molecular flexibility index (Phi) is 7.43. The first kappa shape index (κ1) is 26.2. The topological polar surface area (TPSA) is 68.3 Å². The van der Waals surface area contributed by atoms with Gasteiger partial charge in [0.1, 0.15) is 5.76 Å². The highest BCUT2D eigenvalue weighted by atomic mass is 32.2. The van der Waals surface area contributed by atoms with Crippen LogP contribution in [-0.2, 0) is 22.3 Å². The van der Waals surface area contributed by atoms with Crippen LogP contribution >= 0.6 is 11.8 Å². The van der Waals surface area contributed by atoms with Crippen LogP contribution in [0.5, 0.6) is 0 Å². The Morgan fingerprint density at radius 1 is 0.972 bits per heavy atom. The number of rotatable bonds is 9. The van der Waals surface area contributed by atoms with Gasteiger partial charge in [0.15, 0.2) is 28.4 Å². The summed E-state index contributed by atoms with van der Waals surface area (Å²) < 4.78 is 103. The second-order valence-corrected chi connectivity index (χ2v) is 10.5. The molecule has 2 aromatic carbocycles. The van der Waals surface area contributed by atoms with Crippen molar-refractivity contribution in [2.75, 3.05) is 13.1 Å². The van der Waals surface area contributed by atoms with Crippen LogP contribution in [0, 0.1) is 29.1 Å². The molecule has 6 nitrogen and oxygen atoms in total. The van der Waals surface area contributed by atoms with E-state index in [0.29, 0.717) is 11.3 Å². The maximum Gasteiger partial charge on any atom is 0.243 e. The molecule has 0 aliphatic heterocycles. The summed E-state index contributed by atoms with van der Waals surface area (Å²) in [6.07, 6.45) is 1.45. The van der Waals surface area contributed by atoms with Gasteiger partial charge in [0, 0.05) is 24.4 Å². The van der Waals surface area contributed by atoms with Gasteiger partial charge in [-0.15, -0.1) is 0 Å². The van der Waals surface area contributed by atoms with Crippen molar-refractivity contribution in [3.05, 3.63) is 77.0 Å². The first-order valence-corrected chi connectivity index (χ1v) is 13.2. The van der Waals surface area contributed by atoms with Crippen molar-refractivity contribution in [2.45, 2.75) is 36.2 Å². The molecule has 0 spiro atoms. The highest BCUT2D eigenvalue weighted by Gasteiger charge is 2.27. The van der Waals surface area contributed by atoms with Gasteiger partial charge < -0.3 is 8.98 Å². The van der Waals surface area contributed by atoms with Crippen LogP contribution < -0.4 is 0 Å². The summed E-state index contributed by atoms with van der Waals surface area (Å²) in [5, 5.41) is 0.169. The number of aromatic nitrogens is 2. The van der Waals surface area contributed by atoms with E-state index < -0.39 is 50.4 Å². The molecule has 4 rings (SSSR count). The molecule has 13 heteroatoms. The molecule has 0 aliphatic rings. The fourth-order valence-electron chi connectivity index (χ4n) is 3.70. The lowest BCUT2D eigenvalue weighted by molar-refractivity contribution is 0.372. The molecule has 0 radical (unpaired) electrons. The molecule has 0 amide bonds. The molecule has 2 aromatic heterocycles. The van der Waals surface area contributed by atoms with Crippen LogP contribution in [0.25, 0.3) is 11.0 Å². The van der Waals surface area contributed by atoms with E-state index in [2.05, 4.69) is 4.98 Å². The van der Waals surface area contributed by atoms with E-state index in [1.807, 2.05) is 0 Å². The van der Waals surface area contributed by atoms with E-state index >= 15 is 0 Å². The normalized spacial score (nSPS) is 12.2. The van der Waals surface area contributed by atoms with E-state index in [-0.39, 0.29) is 35.2 Å². The Balaban J connectivity index is 1.78. The Bertz CT molecular complexity index is 1490. The monoisotopic (exact) mass is 545 g/mol. The van der Waals surface area contributed by atoms with Crippen molar-refractivity contribution in [1.82, 2.24) is 13.9 Å². The van der Waals surface area contributed by atoms with Crippen LogP contribution in [0.3, 0.4) is 0 Å². The summed E-state index contributed by atoms with van der Waals surface area (Å²) in [5.74, 6) is -10.2. The average molecular weight is 546 g/mol. The smallest absolute Gasteiger partial charge is 0.243 e. The number of furan rings is 1. The molecule has 0 saturated heterocycles. The van der Waals surface area contributed by atoms with Gasteiger partial charge in [-0.2, -0.15) is 4.31 Å². The van der Waals surface area contributed by atoms with Crippen molar-refractivity contribution in [1.29, 1.82) is 0 Å². The zero-order valence-corrected chi connectivity index (χ0v) is 20.7. The van der Waals surface area contributed by atoms with Crippen molar-refractivity contribution in [3.8, 4) is 0 Å². The minimum Gasteiger partial charge on any atom is -0.467 e. The zero-order valence-electron chi connectivity index (χ0n) is 19.1. The standard InChI is InChI=1S/C23H20F5N3O3S2/c1-3-30(4-2)36(32,33)14-7-8-17-16(10-14)29-23(31(17)11-13-6-5-9-34-13)35-12-15-18(24)20(26)22(28)21(27)19(15)25/h5-10H,3-4,11-12H2,1-2H3. The van der Waals surface area contributed by atoms with E-state index in [4.69, 9.17) is 4.42 Å². The van der Waals surface area contributed by atoms with E-state index in [9.17, 15) is 30.4 Å². The quantitative estimate of drug-likeness (QED) is 0.117. The summed E-state index contributed by atoms with van der Waals surface area (Å²) in [6, 6.07) is 7.69. The summed E-state index contributed by atoms with van der Waals surface area (Å²) in [5.41, 5.74) is -0.225. The molecule has 0 aliphatic carbocycles. The van der Waals surface area contributed by atoms with Crippen molar-refractivity contribution >= 4 is 32.8 Å². The molecule has 4 aromatic rings. The van der Waals surface area contributed by atoms with Crippen LogP contribution in [0.15, 0.2) is 51.1 Å². The minimum absolute atomic E-state index is 0.0117. The molecule has 0 unspecified atom stereocenters. The van der Waals surface area contributed by atoms with Crippen LogP contribution in [0.1, 0.15) is 25.2 Å². The number of fused-ring (bicyclic) bond motifs is 1. The summed E-state index contributed by atoms with van der Waals surface area (Å²) in [4.78, 5) is 4.42. The number of benzene rings is 2. The molecule has 0 saturated carbocycles. The minimum atomic E-state index is -3.79. The molecule has 2 heterocycles. The highest BCUT2D eigenvalue weighted by molar-refractivity contribution is 7.98. The maximum absolute atomic E-state index is 14.2. The second-order valence-electron chi connectivity index (χ2n) is 7.64. The van der Waals surface area contributed by atoms with Crippen LogP contribution in [-0.4, -0.2) is 35.4 Å². The number of sulfonamides is 1. The summed E-state index contributed by atoms with van der Waals surface area (Å²) in [6.45, 7) is 4.10. The van der Waals surface area contributed by atoms with Crippen LogP contribution in [0.2, 0.25) is 0 Å². The summed E-state index contributed by atoms with van der Waals surface area (Å²) in [7, 11) is -3.79. The largest absolute Gasteiger partial charge is 0.467 e. The Hall–Kier alpha value is -2.90. The lowest BCUT2D eigenvalue weighted by atomic mass is 10.2. The van der Waals surface area contributed by atoms with Gasteiger partial charge in [0.05, 0.1) is 28.7 Å². The highest BCUT2D eigenvalue weighted by Crippen LogP contribution is 2.32. The van der Waals surface area contributed by atoms with Gasteiger partial charge in [0.25, 0.3) is 0 Å². The van der Waals surface area contributed by atoms with Gasteiger partial charge in [0.2, 0.25) is 15.8 Å². The number of hydrogen-bond donors (Lipinski definition) is 0. The van der Waals surface area contributed by atoms with Gasteiger partial charge in [-0.1, -0.05) is 25.6 Å². The Morgan fingerprint density at radius 3 is 2.19 bits per heavy atom. The van der Waals surface area contributed by atoms with E-state index in [1.54, 1.807) is 36.6 Å². The molecule has 192 valence electrons. The maximum atomic E-state index is 14.2. The molecular formula is C23H20F5N3O3S2. The van der Waals surface area contributed by atoms with Crippen molar-refractivity contribution in [3.63, 3.8) is 0 Å². The molecule has 0 bridgehead atoms. The SMILES string of the molecule is CCN(CC)S(=O)(=O)c1ccc2c(c1)nc(SCc1c(F)c(F)c(F)c(F)c1F)n2Cc1ccco1. The second kappa shape index (κ2) is 10.2. The number of thioether (sulfide) groups is 1. The average Bonchev–Trinajstić information content (AvgIpc) is 3.50. The predicted octanol–water partition coefficient (Wildman–Crippen LogP) is 5.70. The lowest BCUT2D eigenvalue weighted by Crippen LogP contribution is -2.30. The van der Waals surface area contributed by atoms with Gasteiger partial charge in [-0.3, -0.25) is 0 Å². The third-order valence-electron chi connectivity index (χ3n) is 5.57. The molecule has 0 fully saturated rings. The van der Waals surface area contributed by atoms with E-state index in [0.717, 1.165) is 11.8 Å². The zero-order chi connectivity index (χ0) is 26.2. The fourth-order valence-corrected chi connectivity index (χ4v) is 6.18. The number of halogens is 5. The Labute approximate surface area is 207 Å². The van der Waals surface area contributed by atoms with Gasteiger partial charge >= 0.3 is 0 Å². The summed E-state index contributed by atoms with van der Waals surface area (Å²) >= 11 is 0.743. The number of nitrogens with zero attached hydrogens (tertiary/aromatic N) is 3. The number of hydrogen-bond acceptors (Lipinski definition) is 5. The predicted molar refractivity (Wildman–Crippen MR) is 123 cm³/mol. The number of imidazole rings is 1. The van der Waals surface area contributed by atoms with Crippen molar-refractivity contribution < 1.29 is 34.8 Å². The molecule has 0 N–H and O–H groups in total. The molecule has 0 atom stereocenters. The molecular weight excluding hydrogens is 525 g/mol. The Morgan fingerprint density at radius 2 is 1.61 bits per heavy atom. The third-order valence-corrected chi connectivity index (χ3v) is 8.62. The first-order chi connectivity index (χ1) is 17.1. The van der Waals surface area contributed by atoms with Gasteiger partial charge in [-0.25, -0.2) is 35.4 Å². The van der Waals surface area contributed by atoms with Crippen molar-refractivity contribution in [2.24, 2.45) is 0 Å². The fraction of sp³-hybridized carbons (Fsp3) is 0.261. The first-order valence-electron chi connectivity index (χ1n) is 10.8. The third kappa shape index (κ3) is 4.62. The van der Waals surface area contributed by atoms with Gasteiger partial charge in [-0.05, 0) is 30.3 Å². The van der Waals surface area contributed by atoms with E-state index in [1.165, 1.54) is 22.7 Å². The lowest BCUT2D eigenvalue weighted by Gasteiger charge is -2.18. The molecule has 36 heavy (non-hydrogen) atoms. The van der Waals surface area contributed by atoms with Crippen LogP contribution in [0.4, 0.5) is 22.0 Å².